The average Bonchev–Trinajstić information content (AvgIpc) is 3.16. The molecule has 1 fully saturated rings. The zero-order valence-electron chi connectivity index (χ0n) is 17.0. The van der Waals surface area contributed by atoms with Crippen LogP contribution in [0.1, 0.15) is 43.7 Å². The van der Waals surface area contributed by atoms with Crippen LogP contribution in [0.15, 0.2) is 29.3 Å². The van der Waals surface area contributed by atoms with Gasteiger partial charge in [-0.1, -0.05) is 36.8 Å². The maximum atomic E-state index is 5.74. The van der Waals surface area contributed by atoms with Crippen LogP contribution < -0.4 is 10.6 Å². The highest BCUT2D eigenvalue weighted by Gasteiger charge is 2.15. The highest BCUT2D eigenvalue weighted by Crippen LogP contribution is 2.16. The van der Waals surface area contributed by atoms with E-state index in [2.05, 4.69) is 55.7 Å². The lowest BCUT2D eigenvalue weighted by atomic mass is 10.0. The summed E-state index contributed by atoms with van der Waals surface area (Å²) >= 11 is 0. The third-order valence-corrected chi connectivity index (χ3v) is 4.65. The van der Waals surface area contributed by atoms with Crippen LogP contribution in [0.2, 0.25) is 0 Å². The second kappa shape index (κ2) is 14.2. The molecule has 0 aliphatic carbocycles. The highest BCUT2D eigenvalue weighted by atomic mass is 127. The van der Waals surface area contributed by atoms with Gasteiger partial charge < -0.3 is 20.1 Å². The summed E-state index contributed by atoms with van der Waals surface area (Å²) in [4.78, 5) is 4.73. The summed E-state index contributed by atoms with van der Waals surface area (Å²) in [5, 5.41) is 6.72. The van der Waals surface area contributed by atoms with Crippen LogP contribution in [0, 0.1) is 12.8 Å². The number of rotatable bonds is 10. The van der Waals surface area contributed by atoms with Gasteiger partial charge in [0, 0.05) is 44.7 Å². The fourth-order valence-electron chi connectivity index (χ4n) is 2.92. The maximum absolute atomic E-state index is 5.74. The van der Waals surface area contributed by atoms with Gasteiger partial charge in [-0.2, -0.15) is 0 Å². The lowest BCUT2D eigenvalue weighted by Crippen LogP contribution is -2.38. The van der Waals surface area contributed by atoms with E-state index in [1.54, 1.807) is 0 Å². The van der Waals surface area contributed by atoms with Crippen LogP contribution in [-0.2, 0) is 9.47 Å². The second-order valence-corrected chi connectivity index (χ2v) is 7.12. The van der Waals surface area contributed by atoms with Crippen molar-refractivity contribution >= 4 is 29.9 Å². The average molecular weight is 489 g/mol. The molecule has 1 aliphatic heterocycles. The molecule has 5 nitrogen and oxygen atoms in total. The van der Waals surface area contributed by atoms with E-state index in [4.69, 9.17) is 14.5 Å². The number of halogens is 1. The summed E-state index contributed by atoms with van der Waals surface area (Å²) in [6.07, 6.45) is 2.11. The van der Waals surface area contributed by atoms with Gasteiger partial charge in [-0.15, -0.1) is 24.0 Å². The van der Waals surface area contributed by atoms with Crippen molar-refractivity contribution in [3.63, 3.8) is 0 Å². The standard InChI is InChI=1S/C21H35N3O2.HI/c1-4-22-21(23-11-5-12-25-15-19-10-13-26-16-19)24-14-18(3)20-8-6-17(2)7-9-20;/h6-9,18-19H,4-5,10-16H2,1-3H3,(H2,22,23,24);1H. The van der Waals surface area contributed by atoms with Gasteiger partial charge in [-0.25, -0.2) is 0 Å². The Morgan fingerprint density at radius 2 is 2.07 bits per heavy atom. The smallest absolute Gasteiger partial charge is 0.191 e. The Bertz CT molecular complexity index is 531. The number of aliphatic imine (C=N–C) groups is 1. The first-order chi connectivity index (χ1) is 12.7. The van der Waals surface area contributed by atoms with Crippen molar-refractivity contribution in [2.75, 3.05) is 46.1 Å². The minimum Gasteiger partial charge on any atom is -0.381 e. The molecule has 1 aromatic rings. The van der Waals surface area contributed by atoms with Crippen molar-refractivity contribution in [3.8, 4) is 0 Å². The molecule has 1 heterocycles. The van der Waals surface area contributed by atoms with E-state index in [1.807, 2.05) is 0 Å². The number of guanidine groups is 1. The molecule has 27 heavy (non-hydrogen) atoms. The topological polar surface area (TPSA) is 54.9 Å². The van der Waals surface area contributed by atoms with Gasteiger partial charge >= 0.3 is 0 Å². The molecule has 0 spiro atoms. The SMILES string of the molecule is CCNC(=NCC(C)c1ccc(C)cc1)NCCCOCC1CCOC1.I. The lowest BCUT2D eigenvalue weighted by molar-refractivity contribution is 0.0888. The third-order valence-electron chi connectivity index (χ3n) is 4.65. The monoisotopic (exact) mass is 489 g/mol. The molecule has 1 saturated heterocycles. The van der Waals surface area contributed by atoms with Crippen molar-refractivity contribution in [3.05, 3.63) is 35.4 Å². The first-order valence-corrected chi connectivity index (χ1v) is 9.93. The van der Waals surface area contributed by atoms with Crippen LogP contribution in [-0.4, -0.2) is 52.0 Å². The molecule has 0 aromatic heterocycles. The Morgan fingerprint density at radius 1 is 1.30 bits per heavy atom. The molecule has 1 aliphatic rings. The number of nitrogens with one attached hydrogen (secondary N) is 2. The van der Waals surface area contributed by atoms with Gasteiger partial charge in [-0.05, 0) is 32.3 Å². The summed E-state index contributed by atoms with van der Waals surface area (Å²) < 4.78 is 11.1. The highest BCUT2D eigenvalue weighted by molar-refractivity contribution is 14.0. The quantitative estimate of drug-likeness (QED) is 0.228. The van der Waals surface area contributed by atoms with Crippen LogP contribution in [0.5, 0.6) is 0 Å². The molecule has 1 aromatic carbocycles. The first kappa shape index (κ1) is 24.2. The molecule has 0 bridgehead atoms. The number of ether oxygens (including phenoxy) is 2. The first-order valence-electron chi connectivity index (χ1n) is 9.93. The van der Waals surface area contributed by atoms with Crippen molar-refractivity contribution in [1.29, 1.82) is 0 Å². The van der Waals surface area contributed by atoms with Gasteiger partial charge in [-0.3, -0.25) is 4.99 Å². The van der Waals surface area contributed by atoms with Gasteiger partial charge in [0.25, 0.3) is 0 Å². The number of benzene rings is 1. The third kappa shape index (κ3) is 9.76. The molecule has 6 heteroatoms. The summed E-state index contributed by atoms with van der Waals surface area (Å²) in [5.74, 6) is 1.88. The van der Waals surface area contributed by atoms with Gasteiger partial charge in [0.1, 0.15) is 0 Å². The Labute approximate surface area is 181 Å². The largest absolute Gasteiger partial charge is 0.381 e. The predicted molar refractivity (Wildman–Crippen MR) is 123 cm³/mol. The number of aryl methyl sites for hydroxylation is 1. The van der Waals surface area contributed by atoms with E-state index in [1.165, 1.54) is 11.1 Å². The van der Waals surface area contributed by atoms with E-state index < -0.39 is 0 Å². The zero-order valence-corrected chi connectivity index (χ0v) is 19.3. The summed E-state index contributed by atoms with van der Waals surface area (Å²) in [6, 6.07) is 8.72. The van der Waals surface area contributed by atoms with Crippen LogP contribution >= 0.6 is 24.0 Å². The Hall–Kier alpha value is -0.860. The van der Waals surface area contributed by atoms with Gasteiger partial charge in [0.2, 0.25) is 0 Å². The van der Waals surface area contributed by atoms with Gasteiger partial charge in [0.15, 0.2) is 5.96 Å². The van der Waals surface area contributed by atoms with Crippen LogP contribution in [0.4, 0.5) is 0 Å². The van der Waals surface area contributed by atoms with Crippen molar-refractivity contribution < 1.29 is 9.47 Å². The lowest BCUT2D eigenvalue weighted by Gasteiger charge is -2.14. The Kier molecular flexibility index (Phi) is 12.7. The normalized spacial score (nSPS) is 18.0. The maximum Gasteiger partial charge on any atom is 0.191 e. The van der Waals surface area contributed by atoms with E-state index in [9.17, 15) is 0 Å². The molecular formula is C21H36IN3O2. The second-order valence-electron chi connectivity index (χ2n) is 7.12. The van der Waals surface area contributed by atoms with Gasteiger partial charge in [0.05, 0.1) is 13.2 Å². The molecule has 154 valence electrons. The predicted octanol–water partition coefficient (Wildman–Crippen LogP) is 3.71. The van der Waals surface area contributed by atoms with E-state index in [0.717, 1.165) is 64.9 Å². The minimum absolute atomic E-state index is 0. The molecule has 0 amide bonds. The summed E-state index contributed by atoms with van der Waals surface area (Å²) in [5.41, 5.74) is 2.63. The molecular weight excluding hydrogens is 453 g/mol. The molecule has 0 saturated carbocycles. The molecule has 2 N–H and O–H groups in total. The number of hydrogen-bond donors (Lipinski definition) is 2. The summed E-state index contributed by atoms with van der Waals surface area (Å²) in [6.45, 7) is 12.3. The fraction of sp³-hybridized carbons (Fsp3) is 0.667. The number of hydrogen-bond acceptors (Lipinski definition) is 3. The van der Waals surface area contributed by atoms with Crippen molar-refractivity contribution in [1.82, 2.24) is 10.6 Å². The van der Waals surface area contributed by atoms with Crippen molar-refractivity contribution in [2.24, 2.45) is 10.9 Å². The molecule has 2 atom stereocenters. The molecule has 0 radical (unpaired) electrons. The zero-order chi connectivity index (χ0) is 18.6. The van der Waals surface area contributed by atoms with Crippen molar-refractivity contribution in [2.45, 2.75) is 39.5 Å². The van der Waals surface area contributed by atoms with E-state index in [-0.39, 0.29) is 24.0 Å². The molecule has 2 unspecified atom stereocenters. The fourth-order valence-corrected chi connectivity index (χ4v) is 2.92. The van der Waals surface area contributed by atoms with E-state index in [0.29, 0.717) is 11.8 Å². The number of nitrogens with zero attached hydrogens (tertiary/aromatic N) is 1. The van der Waals surface area contributed by atoms with Crippen LogP contribution in [0.3, 0.4) is 0 Å². The minimum atomic E-state index is 0. The molecule has 2 rings (SSSR count). The van der Waals surface area contributed by atoms with E-state index >= 15 is 0 Å². The summed E-state index contributed by atoms with van der Waals surface area (Å²) in [7, 11) is 0. The Morgan fingerprint density at radius 3 is 2.74 bits per heavy atom. The Balaban J connectivity index is 0.00000364. The van der Waals surface area contributed by atoms with Crippen LogP contribution in [0.25, 0.3) is 0 Å².